The van der Waals surface area contributed by atoms with Gasteiger partial charge in [-0.3, -0.25) is 10.1 Å². The summed E-state index contributed by atoms with van der Waals surface area (Å²) in [6, 6.07) is 4.44. The van der Waals surface area contributed by atoms with Gasteiger partial charge in [0.15, 0.2) is 0 Å². The molecule has 5 nitrogen and oxygen atoms in total. The van der Waals surface area contributed by atoms with Gasteiger partial charge in [0, 0.05) is 12.1 Å². The smallest absolute Gasteiger partial charge is 0.269 e. The SMILES string of the molecule is NCCc1ccc([N+](=O)[O-])cc1CO. The fourth-order valence-corrected chi connectivity index (χ4v) is 1.27. The number of non-ortho nitro benzene ring substituents is 1. The second-order valence-electron chi connectivity index (χ2n) is 2.91. The molecule has 1 aromatic rings. The number of hydrogen-bond acceptors (Lipinski definition) is 4. The Morgan fingerprint density at radius 3 is 2.64 bits per heavy atom. The molecule has 0 amide bonds. The largest absolute Gasteiger partial charge is 0.392 e. The topological polar surface area (TPSA) is 89.4 Å². The predicted octanol–water partition coefficient (Wildman–Crippen LogP) is 0.588. The molecule has 14 heavy (non-hydrogen) atoms. The number of aliphatic hydroxyl groups excluding tert-OH is 1. The number of nitrogens with two attached hydrogens (primary N) is 1. The number of nitrogens with zero attached hydrogens (tertiary/aromatic N) is 1. The summed E-state index contributed by atoms with van der Waals surface area (Å²) < 4.78 is 0. The molecular formula is C9H12N2O3. The minimum Gasteiger partial charge on any atom is -0.392 e. The zero-order valence-corrected chi connectivity index (χ0v) is 7.64. The number of rotatable bonds is 4. The predicted molar refractivity (Wildman–Crippen MR) is 51.8 cm³/mol. The monoisotopic (exact) mass is 196 g/mol. The number of nitro groups is 1. The average molecular weight is 196 g/mol. The summed E-state index contributed by atoms with van der Waals surface area (Å²) >= 11 is 0. The Kier molecular flexibility index (Phi) is 3.55. The Hall–Kier alpha value is -1.46. The fourth-order valence-electron chi connectivity index (χ4n) is 1.27. The first-order valence-electron chi connectivity index (χ1n) is 4.26. The summed E-state index contributed by atoms with van der Waals surface area (Å²) in [4.78, 5) is 9.96. The fraction of sp³-hybridized carbons (Fsp3) is 0.333. The van der Waals surface area contributed by atoms with E-state index >= 15 is 0 Å². The van der Waals surface area contributed by atoms with Crippen LogP contribution in [0, 0.1) is 10.1 Å². The molecule has 0 spiro atoms. The van der Waals surface area contributed by atoms with Gasteiger partial charge in [0.25, 0.3) is 5.69 Å². The third-order valence-corrected chi connectivity index (χ3v) is 1.98. The maximum atomic E-state index is 10.4. The van der Waals surface area contributed by atoms with E-state index in [1.54, 1.807) is 6.07 Å². The molecule has 0 saturated heterocycles. The first-order chi connectivity index (χ1) is 6.69. The van der Waals surface area contributed by atoms with Crippen LogP contribution in [0.15, 0.2) is 18.2 Å². The van der Waals surface area contributed by atoms with Crippen molar-refractivity contribution in [1.82, 2.24) is 0 Å². The lowest BCUT2D eigenvalue weighted by atomic mass is 10.0. The van der Waals surface area contributed by atoms with Gasteiger partial charge in [-0.1, -0.05) is 6.07 Å². The van der Waals surface area contributed by atoms with Crippen LogP contribution in [0.5, 0.6) is 0 Å². The van der Waals surface area contributed by atoms with Crippen molar-refractivity contribution in [2.24, 2.45) is 5.73 Å². The number of benzene rings is 1. The lowest BCUT2D eigenvalue weighted by molar-refractivity contribution is -0.385. The van der Waals surface area contributed by atoms with E-state index in [4.69, 9.17) is 10.8 Å². The van der Waals surface area contributed by atoms with Crippen LogP contribution in [-0.4, -0.2) is 16.6 Å². The van der Waals surface area contributed by atoms with Crippen LogP contribution in [-0.2, 0) is 13.0 Å². The van der Waals surface area contributed by atoms with Crippen LogP contribution in [0.25, 0.3) is 0 Å². The molecule has 0 aliphatic rings. The minimum absolute atomic E-state index is 0.00479. The molecule has 0 atom stereocenters. The van der Waals surface area contributed by atoms with Crippen molar-refractivity contribution in [3.8, 4) is 0 Å². The van der Waals surface area contributed by atoms with E-state index in [1.165, 1.54) is 12.1 Å². The summed E-state index contributed by atoms with van der Waals surface area (Å²) in [5.74, 6) is 0. The highest BCUT2D eigenvalue weighted by Gasteiger charge is 2.09. The van der Waals surface area contributed by atoms with Gasteiger partial charge in [-0.05, 0) is 24.1 Å². The van der Waals surface area contributed by atoms with Crippen molar-refractivity contribution in [2.45, 2.75) is 13.0 Å². The summed E-state index contributed by atoms with van der Waals surface area (Å²) in [6.07, 6.45) is 0.619. The van der Waals surface area contributed by atoms with E-state index in [0.29, 0.717) is 18.5 Å². The molecule has 0 aliphatic heterocycles. The first kappa shape index (κ1) is 10.6. The van der Waals surface area contributed by atoms with E-state index in [-0.39, 0.29) is 12.3 Å². The van der Waals surface area contributed by atoms with E-state index in [1.807, 2.05) is 0 Å². The van der Waals surface area contributed by atoms with Gasteiger partial charge < -0.3 is 10.8 Å². The van der Waals surface area contributed by atoms with E-state index in [0.717, 1.165) is 5.56 Å². The molecule has 5 heteroatoms. The Bertz CT molecular complexity index is 339. The van der Waals surface area contributed by atoms with E-state index in [2.05, 4.69) is 0 Å². The molecule has 0 aliphatic carbocycles. The third-order valence-electron chi connectivity index (χ3n) is 1.98. The first-order valence-corrected chi connectivity index (χ1v) is 4.26. The number of aliphatic hydroxyl groups is 1. The highest BCUT2D eigenvalue weighted by atomic mass is 16.6. The molecule has 0 fully saturated rings. The Labute approximate surface area is 81.3 Å². The summed E-state index contributed by atoms with van der Waals surface area (Å²) in [6.45, 7) is 0.266. The standard InChI is InChI=1S/C9H12N2O3/c10-4-3-7-1-2-9(11(13)14)5-8(7)6-12/h1-2,5,12H,3-4,6,10H2. The van der Waals surface area contributed by atoms with Crippen molar-refractivity contribution in [2.75, 3.05) is 6.54 Å². The highest BCUT2D eigenvalue weighted by molar-refractivity contribution is 5.39. The van der Waals surface area contributed by atoms with E-state index in [9.17, 15) is 10.1 Å². The van der Waals surface area contributed by atoms with Crippen LogP contribution in [0.2, 0.25) is 0 Å². The molecule has 3 N–H and O–H groups in total. The van der Waals surface area contributed by atoms with Gasteiger partial charge >= 0.3 is 0 Å². The van der Waals surface area contributed by atoms with Crippen LogP contribution >= 0.6 is 0 Å². The second-order valence-corrected chi connectivity index (χ2v) is 2.91. The molecule has 1 rings (SSSR count). The quantitative estimate of drug-likeness (QED) is 0.544. The van der Waals surface area contributed by atoms with Crippen LogP contribution in [0.4, 0.5) is 5.69 Å². The normalized spacial score (nSPS) is 10.1. The summed E-state index contributed by atoms with van der Waals surface area (Å²) in [5, 5.41) is 19.4. The van der Waals surface area contributed by atoms with Gasteiger partial charge in [-0.25, -0.2) is 0 Å². The molecule has 0 radical (unpaired) electrons. The highest BCUT2D eigenvalue weighted by Crippen LogP contribution is 2.18. The van der Waals surface area contributed by atoms with Crippen molar-refractivity contribution < 1.29 is 10.0 Å². The average Bonchev–Trinajstić information content (AvgIpc) is 2.18. The van der Waals surface area contributed by atoms with Crippen molar-refractivity contribution in [3.05, 3.63) is 39.4 Å². The van der Waals surface area contributed by atoms with E-state index < -0.39 is 4.92 Å². The van der Waals surface area contributed by atoms with Gasteiger partial charge in [0.2, 0.25) is 0 Å². The Balaban J connectivity index is 3.04. The van der Waals surface area contributed by atoms with Crippen LogP contribution in [0.1, 0.15) is 11.1 Å². The van der Waals surface area contributed by atoms with Gasteiger partial charge in [0.1, 0.15) is 0 Å². The molecule has 0 bridgehead atoms. The minimum atomic E-state index is -0.481. The van der Waals surface area contributed by atoms with Gasteiger partial charge in [-0.15, -0.1) is 0 Å². The summed E-state index contributed by atoms with van der Waals surface area (Å²) in [5.41, 5.74) is 6.80. The molecule has 0 aromatic heterocycles. The lowest BCUT2D eigenvalue weighted by Crippen LogP contribution is -2.05. The second kappa shape index (κ2) is 4.69. The third kappa shape index (κ3) is 2.27. The molecule has 0 heterocycles. The maximum absolute atomic E-state index is 10.4. The zero-order valence-electron chi connectivity index (χ0n) is 7.64. The van der Waals surface area contributed by atoms with Crippen molar-refractivity contribution in [1.29, 1.82) is 0 Å². The van der Waals surface area contributed by atoms with Crippen molar-refractivity contribution in [3.63, 3.8) is 0 Å². The lowest BCUT2D eigenvalue weighted by Gasteiger charge is -2.05. The van der Waals surface area contributed by atoms with Crippen LogP contribution < -0.4 is 5.73 Å². The Morgan fingerprint density at radius 2 is 2.14 bits per heavy atom. The Morgan fingerprint density at radius 1 is 1.43 bits per heavy atom. The molecule has 0 unspecified atom stereocenters. The molecule has 1 aromatic carbocycles. The number of hydrogen-bond donors (Lipinski definition) is 2. The van der Waals surface area contributed by atoms with Gasteiger partial charge in [-0.2, -0.15) is 0 Å². The van der Waals surface area contributed by atoms with Crippen LogP contribution in [0.3, 0.4) is 0 Å². The van der Waals surface area contributed by atoms with Crippen molar-refractivity contribution >= 4 is 5.69 Å². The number of nitro benzene ring substituents is 1. The maximum Gasteiger partial charge on any atom is 0.269 e. The molecule has 0 saturated carbocycles. The molecule has 76 valence electrons. The molecular weight excluding hydrogens is 184 g/mol. The zero-order chi connectivity index (χ0) is 10.6. The van der Waals surface area contributed by atoms with Gasteiger partial charge in [0.05, 0.1) is 11.5 Å². The summed E-state index contributed by atoms with van der Waals surface area (Å²) in [7, 11) is 0.